The Balaban J connectivity index is 1.69. The molecule has 0 spiro atoms. The molecule has 0 aliphatic carbocycles. The second-order valence-corrected chi connectivity index (χ2v) is 7.34. The van der Waals surface area contributed by atoms with E-state index in [0.717, 1.165) is 67.7 Å². The van der Waals surface area contributed by atoms with Crippen LogP contribution in [0.5, 0.6) is 11.5 Å². The number of aryl methyl sites for hydroxylation is 2. The van der Waals surface area contributed by atoms with E-state index in [2.05, 4.69) is 17.6 Å². The molecule has 2 aromatic rings. The van der Waals surface area contributed by atoms with Gasteiger partial charge in [0, 0.05) is 23.5 Å². The number of aromatic nitrogens is 1. The summed E-state index contributed by atoms with van der Waals surface area (Å²) in [5, 5.41) is 0. The molecule has 0 bridgehead atoms. The van der Waals surface area contributed by atoms with Gasteiger partial charge in [-0.15, -0.1) is 0 Å². The van der Waals surface area contributed by atoms with Gasteiger partial charge in [-0.25, -0.2) is 0 Å². The van der Waals surface area contributed by atoms with E-state index in [0.29, 0.717) is 6.54 Å². The molecule has 6 heteroatoms. The lowest BCUT2D eigenvalue weighted by Gasteiger charge is -2.23. The summed E-state index contributed by atoms with van der Waals surface area (Å²) in [5.41, 5.74) is 4.20. The monoisotopic (exact) mass is 387 g/mol. The van der Waals surface area contributed by atoms with Crippen molar-refractivity contribution in [2.45, 2.75) is 26.8 Å². The number of morpholine rings is 1. The topological polar surface area (TPSA) is 54.1 Å². The number of nitrogens with one attached hydrogen (secondary N) is 1. The van der Waals surface area contributed by atoms with Gasteiger partial charge in [0.1, 0.15) is 19.6 Å². The first kappa shape index (κ1) is 20.4. The zero-order chi connectivity index (χ0) is 20.1. The second kappa shape index (κ2) is 9.26. The third-order valence-corrected chi connectivity index (χ3v) is 5.56. The van der Waals surface area contributed by atoms with E-state index >= 15 is 0 Å². The molecule has 152 valence electrons. The van der Waals surface area contributed by atoms with Gasteiger partial charge in [0.05, 0.1) is 27.4 Å². The summed E-state index contributed by atoms with van der Waals surface area (Å²) < 4.78 is 18.3. The molecule has 1 saturated heterocycles. The van der Waals surface area contributed by atoms with Gasteiger partial charge in [-0.05, 0) is 44.0 Å². The van der Waals surface area contributed by atoms with Gasteiger partial charge in [0.2, 0.25) is 5.78 Å². The number of carbonyl (C=O) groups is 1. The Morgan fingerprint density at radius 2 is 1.82 bits per heavy atom. The second-order valence-electron chi connectivity index (χ2n) is 7.34. The molecule has 1 aliphatic heterocycles. The minimum Gasteiger partial charge on any atom is -0.493 e. The summed E-state index contributed by atoms with van der Waals surface area (Å²) in [6.45, 7) is 8.78. The molecule has 0 radical (unpaired) electrons. The van der Waals surface area contributed by atoms with Crippen LogP contribution < -0.4 is 14.4 Å². The molecule has 1 aromatic carbocycles. The standard InChI is InChI=1S/C22H30N2O4/c1-16-13-19(20(25)15-23-9-11-28-12-10-23)17(2)24(16)8-7-18-5-6-21(26-3)22(14-18)27-4/h5-6,13-14H,7-12,15H2,1-4H3/p+1. The summed E-state index contributed by atoms with van der Waals surface area (Å²) in [6, 6.07) is 8.04. The first-order chi connectivity index (χ1) is 13.5. The predicted octanol–water partition coefficient (Wildman–Crippen LogP) is 1.46. The first-order valence-electron chi connectivity index (χ1n) is 9.85. The number of hydrogen-bond donors (Lipinski definition) is 1. The van der Waals surface area contributed by atoms with Crippen molar-refractivity contribution in [3.05, 3.63) is 46.8 Å². The van der Waals surface area contributed by atoms with E-state index in [4.69, 9.17) is 14.2 Å². The number of hydrogen-bond acceptors (Lipinski definition) is 4. The van der Waals surface area contributed by atoms with E-state index in [-0.39, 0.29) is 5.78 Å². The number of ether oxygens (including phenoxy) is 3. The molecule has 1 aromatic heterocycles. The number of Topliss-reactive ketones (excluding diaryl/α,β-unsaturated/α-hetero) is 1. The van der Waals surface area contributed by atoms with Crippen LogP contribution in [-0.2, 0) is 17.7 Å². The highest BCUT2D eigenvalue weighted by molar-refractivity contribution is 5.98. The lowest BCUT2D eigenvalue weighted by atomic mass is 10.1. The fourth-order valence-electron chi connectivity index (χ4n) is 3.86. The molecule has 2 heterocycles. The van der Waals surface area contributed by atoms with Crippen molar-refractivity contribution in [1.82, 2.24) is 4.57 Å². The van der Waals surface area contributed by atoms with Crippen LogP contribution in [0, 0.1) is 13.8 Å². The number of ketones is 1. The Labute approximate surface area is 167 Å². The number of quaternary nitrogens is 1. The molecule has 28 heavy (non-hydrogen) atoms. The molecule has 1 aliphatic rings. The first-order valence-corrected chi connectivity index (χ1v) is 9.85. The molecule has 6 nitrogen and oxygen atoms in total. The Morgan fingerprint density at radius 1 is 1.11 bits per heavy atom. The molecule has 1 fully saturated rings. The number of benzene rings is 1. The van der Waals surface area contributed by atoms with E-state index in [1.54, 1.807) is 14.2 Å². The van der Waals surface area contributed by atoms with Crippen LogP contribution in [0.1, 0.15) is 27.3 Å². The number of methoxy groups -OCH3 is 2. The van der Waals surface area contributed by atoms with Crippen molar-refractivity contribution in [2.75, 3.05) is 47.1 Å². The average molecular weight is 388 g/mol. The van der Waals surface area contributed by atoms with Crippen LogP contribution in [-0.4, -0.2) is 57.4 Å². The fraction of sp³-hybridized carbons (Fsp3) is 0.500. The largest absolute Gasteiger partial charge is 0.493 e. The summed E-state index contributed by atoms with van der Waals surface area (Å²) in [4.78, 5) is 14.1. The van der Waals surface area contributed by atoms with Crippen LogP contribution in [0.4, 0.5) is 0 Å². The van der Waals surface area contributed by atoms with E-state index in [9.17, 15) is 4.79 Å². The lowest BCUT2D eigenvalue weighted by molar-refractivity contribution is -0.899. The van der Waals surface area contributed by atoms with Crippen molar-refractivity contribution in [3.8, 4) is 11.5 Å². The van der Waals surface area contributed by atoms with E-state index in [1.165, 1.54) is 10.5 Å². The van der Waals surface area contributed by atoms with Crippen LogP contribution >= 0.6 is 0 Å². The molecular formula is C22H31N2O4+. The van der Waals surface area contributed by atoms with Gasteiger partial charge in [0.15, 0.2) is 11.5 Å². The van der Waals surface area contributed by atoms with Crippen molar-refractivity contribution in [1.29, 1.82) is 0 Å². The maximum absolute atomic E-state index is 12.8. The predicted molar refractivity (Wildman–Crippen MR) is 108 cm³/mol. The maximum atomic E-state index is 12.8. The minimum atomic E-state index is 0.224. The highest BCUT2D eigenvalue weighted by atomic mass is 16.5. The Hall–Kier alpha value is -2.31. The maximum Gasteiger partial charge on any atom is 0.218 e. The van der Waals surface area contributed by atoms with E-state index < -0.39 is 0 Å². The molecular weight excluding hydrogens is 356 g/mol. The van der Waals surface area contributed by atoms with Crippen molar-refractivity contribution < 1.29 is 23.9 Å². The smallest absolute Gasteiger partial charge is 0.218 e. The van der Waals surface area contributed by atoms with Gasteiger partial charge < -0.3 is 23.7 Å². The molecule has 0 atom stereocenters. The van der Waals surface area contributed by atoms with Crippen LogP contribution in [0.2, 0.25) is 0 Å². The molecule has 3 rings (SSSR count). The van der Waals surface area contributed by atoms with Gasteiger partial charge in [0.25, 0.3) is 0 Å². The number of rotatable bonds is 8. The minimum absolute atomic E-state index is 0.224. The normalized spacial score (nSPS) is 14.9. The SMILES string of the molecule is COc1ccc(CCn2c(C)cc(C(=O)C[NH+]3CCOCC3)c2C)cc1OC. The highest BCUT2D eigenvalue weighted by Gasteiger charge is 2.22. The zero-order valence-corrected chi connectivity index (χ0v) is 17.3. The molecule has 0 saturated carbocycles. The van der Waals surface area contributed by atoms with Crippen molar-refractivity contribution in [3.63, 3.8) is 0 Å². The lowest BCUT2D eigenvalue weighted by Crippen LogP contribution is -3.14. The Bertz CT molecular complexity index is 822. The van der Waals surface area contributed by atoms with Gasteiger partial charge in [-0.1, -0.05) is 6.07 Å². The summed E-state index contributed by atoms with van der Waals surface area (Å²) >= 11 is 0. The molecule has 0 amide bonds. The summed E-state index contributed by atoms with van der Waals surface area (Å²) in [5.74, 6) is 1.70. The zero-order valence-electron chi connectivity index (χ0n) is 17.3. The van der Waals surface area contributed by atoms with Gasteiger partial charge >= 0.3 is 0 Å². The number of carbonyl (C=O) groups excluding carboxylic acids is 1. The van der Waals surface area contributed by atoms with Crippen LogP contribution in [0.25, 0.3) is 0 Å². The van der Waals surface area contributed by atoms with Crippen LogP contribution in [0.3, 0.4) is 0 Å². The van der Waals surface area contributed by atoms with Gasteiger partial charge in [-0.2, -0.15) is 0 Å². The molecule has 0 unspecified atom stereocenters. The Morgan fingerprint density at radius 3 is 2.50 bits per heavy atom. The summed E-state index contributed by atoms with van der Waals surface area (Å²) in [7, 11) is 3.29. The molecule has 1 N–H and O–H groups in total. The van der Waals surface area contributed by atoms with Crippen molar-refractivity contribution >= 4 is 5.78 Å². The third kappa shape index (κ3) is 4.56. The number of nitrogens with zero attached hydrogens (tertiary/aromatic N) is 1. The van der Waals surface area contributed by atoms with Crippen molar-refractivity contribution in [2.24, 2.45) is 0 Å². The summed E-state index contributed by atoms with van der Waals surface area (Å²) in [6.07, 6.45) is 0.860. The Kier molecular flexibility index (Phi) is 6.75. The third-order valence-electron chi connectivity index (χ3n) is 5.56. The fourth-order valence-corrected chi connectivity index (χ4v) is 3.86. The van der Waals surface area contributed by atoms with Crippen LogP contribution in [0.15, 0.2) is 24.3 Å². The van der Waals surface area contributed by atoms with Gasteiger partial charge in [-0.3, -0.25) is 4.79 Å². The quantitative estimate of drug-likeness (QED) is 0.697. The average Bonchev–Trinajstić information content (AvgIpc) is 3.00. The van der Waals surface area contributed by atoms with E-state index in [1.807, 2.05) is 25.1 Å². The highest BCUT2D eigenvalue weighted by Crippen LogP contribution is 2.28.